The largest absolute Gasteiger partial charge is 0.273 e. The predicted molar refractivity (Wildman–Crippen MR) is 103 cm³/mol. The molecule has 1 aliphatic rings. The van der Waals surface area contributed by atoms with Gasteiger partial charge in [0.05, 0.1) is 0 Å². The van der Waals surface area contributed by atoms with Crippen LogP contribution in [-0.2, 0) is 9.59 Å². The fraction of sp³-hybridized carbons (Fsp3) is 0.273. The molecule has 0 radical (unpaired) electrons. The Morgan fingerprint density at radius 2 is 1.69 bits per heavy atom. The van der Waals surface area contributed by atoms with Crippen LogP contribution in [0.15, 0.2) is 60.7 Å². The Kier molecular flexibility index (Phi) is 5.52. The zero-order chi connectivity index (χ0) is 18.5. The van der Waals surface area contributed by atoms with E-state index in [0.717, 1.165) is 12.0 Å². The molecule has 0 aliphatic heterocycles. The summed E-state index contributed by atoms with van der Waals surface area (Å²) >= 11 is 0. The Morgan fingerprint density at radius 3 is 2.35 bits per heavy atom. The smallest absolute Gasteiger partial charge is 0.262 e. The molecule has 4 nitrogen and oxygen atoms in total. The molecule has 0 unspecified atom stereocenters. The van der Waals surface area contributed by atoms with E-state index >= 15 is 0 Å². The number of hydrazine groups is 1. The Bertz CT molecular complexity index is 795. The van der Waals surface area contributed by atoms with Crippen molar-refractivity contribution < 1.29 is 9.59 Å². The van der Waals surface area contributed by atoms with Gasteiger partial charge in [0.15, 0.2) is 0 Å². The highest BCUT2D eigenvalue weighted by molar-refractivity contribution is 5.93. The molecule has 0 heterocycles. The second kappa shape index (κ2) is 8.00. The van der Waals surface area contributed by atoms with Gasteiger partial charge in [-0.3, -0.25) is 20.4 Å². The van der Waals surface area contributed by atoms with Gasteiger partial charge in [-0.1, -0.05) is 68.4 Å². The van der Waals surface area contributed by atoms with Crippen LogP contribution in [0.25, 0.3) is 6.08 Å². The van der Waals surface area contributed by atoms with Crippen molar-refractivity contribution in [3.63, 3.8) is 0 Å². The Hall–Kier alpha value is -2.88. The number of hydrogen-bond acceptors (Lipinski definition) is 2. The fourth-order valence-corrected chi connectivity index (χ4v) is 2.97. The molecule has 134 valence electrons. The second-order valence-electron chi connectivity index (χ2n) is 6.99. The van der Waals surface area contributed by atoms with Gasteiger partial charge < -0.3 is 0 Å². The standard InChI is InChI=1S/C22H24N2O2/c1-15(2)17-11-8-16(9-12-17)10-13-21(25)23-24-22(26)20-14-19(20)18-6-4-3-5-7-18/h3-13,15,19-20H,14H2,1-2H3,(H,23,25)(H,24,26)/b13-10-/t19-,20+/m0/s1. The van der Waals surface area contributed by atoms with Crippen molar-refractivity contribution >= 4 is 17.9 Å². The zero-order valence-electron chi connectivity index (χ0n) is 15.1. The first kappa shape index (κ1) is 17.9. The minimum absolute atomic E-state index is 0.0646. The van der Waals surface area contributed by atoms with Crippen LogP contribution >= 0.6 is 0 Å². The van der Waals surface area contributed by atoms with E-state index in [0.29, 0.717) is 5.92 Å². The van der Waals surface area contributed by atoms with Gasteiger partial charge in [-0.25, -0.2) is 0 Å². The van der Waals surface area contributed by atoms with Crippen LogP contribution in [0.1, 0.15) is 48.8 Å². The average molecular weight is 348 g/mol. The van der Waals surface area contributed by atoms with E-state index in [1.54, 1.807) is 6.08 Å². The van der Waals surface area contributed by atoms with Crippen LogP contribution in [0, 0.1) is 5.92 Å². The molecule has 0 bridgehead atoms. The maximum Gasteiger partial charge on any atom is 0.262 e. The summed E-state index contributed by atoms with van der Waals surface area (Å²) in [6.07, 6.45) is 3.98. The van der Waals surface area contributed by atoms with E-state index in [9.17, 15) is 9.59 Å². The molecule has 2 amide bonds. The molecule has 1 fully saturated rings. The fourth-order valence-electron chi connectivity index (χ4n) is 2.97. The first-order chi connectivity index (χ1) is 12.5. The lowest BCUT2D eigenvalue weighted by Crippen LogP contribution is -2.41. The highest BCUT2D eigenvalue weighted by Gasteiger charge is 2.43. The summed E-state index contributed by atoms with van der Waals surface area (Å²) in [5, 5.41) is 0. The first-order valence-corrected chi connectivity index (χ1v) is 8.97. The Labute approximate surface area is 154 Å². The lowest BCUT2D eigenvalue weighted by atomic mass is 10.0. The topological polar surface area (TPSA) is 58.2 Å². The SMILES string of the molecule is CC(C)c1ccc(/C=C\C(=O)NNC(=O)[C@@H]2C[C@H]2c2ccccc2)cc1. The number of hydrogen-bond donors (Lipinski definition) is 2. The molecule has 0 aromatic heterocycles. The summed E-state index contributed by atoms with van der Waals surface area (Å²) in [5.74, 6) is 0.187. The summed E-state index contributed by atoms with van der Waals surface area (Å²) < 4.78 is 0. The van der Waals surface area contributed by atoms with Gasteiger partial charge in [-0.05, 0) is 41.0 Å². The van der Waals surface area contributed by atoms with E-state index < -0.39 is 0 Å². The van der Waals surface area contributed by atoms with Crippen molar-refractivity contribution in [1.29, 1.82) is 0 Å². The quantitative estimate of drug-likeness (QED) is 0.638. The molecule has 0 spiro atoms. The summed E-state index contributed by atoms with van der Waals surface area (Å²) in [7, 11) is 0. The minimum atomic E-state index is -0.344. The molecule has 26 heavy (non-hydrogen) atoms. The Balaban J connectivity index is 1.45. The van der Waals surface area contributed by atoms with Crippen LogP contribution in [0.5, 0.6) is 0 Å². The van der Waals surface area contributed by atoms with Crippen molar-refractivity contribution in [3.8, 4) is 0 Å². The van der Waals surface area contributed by atoms with Crippen LogP contribution < -0.4 is 10.9 Å². The van der Waals surface area contributed by atoms with Crippen LogP contribution in [-0.4, -0.2) is 11.8 Å². The van der Waals surface area contributed by atoms with Gasteiger partial charge in [0.2, 0.25) is 5.91 Å². The van der Waals surface area contributed by atoms with Crippen LogP contribution in [0.2, 0.25) is 0 Å². The average Bonchev–Trinajstić information content (AvgIpc) is 3.46. The maximum atomic E-state index is 12.1. The van der Waals surface area contributed by atoms with E-state index in [1.807, 2.05) is 42.5 Å². The lowest BCUT2D eigenvalue weighted by molar-refractivity contribution is -0.127. The van der Waals surface area contributed by atoms with E-state index in [-0.39, 0.29) is 23.7 Å². The molecule has 1 saturated carbocycles. The van der Waals surface area contributed by atoms with E-state index in [1.165, 1.54) is 17.2 Å². The highest BCUT2D eigenvalue weighted by Crippen LogP contribution is 2.47. The van der Waals surface area contributed by atoms with Gasteiger partial charge in [-0.2, -0.15) is 0 Å². The maximum absolute atomic E-state index is 12.1. The highest BCUT2D eigenvalue weighted by atomic mass is 16.2. The van der Waals surface area contributed by atoms with Gasteiger partial charge in [0.1, 0.15) is 0 Å². The molecular formula is C22H24N2O2. The van der Waals surface area contributed by atoms with Crippen molar-refractivity contribution in [2.24, 2.45) is 5.92 Å². The lowest BCUT2D eigenvalue weighted by Gasteiger charge is -2.06. The van der Waals surface area contributed by atoms with Gasteiger partial charge in [-0.15, -0.1) is 0 Å². The third-order valence-electron chi connectivity index (χ3n) is 4.69. The summed E-state index contributed by atoms with van der Waals surface area (Å²) in [5.41, 5.74) is 8.34. The molecule has 1 aliphatic carbocycles. The number of amides is 2. The molecule has 3 rings (SSSR count). The zero-order valence-corrected chi connectivity index (χ0v) is 15.1. The van der Waals surface area contributed by atoms with E-state index in [2.05, 4.69) is 36.8 Å². The summed E-state index contributed by atoms with van der Waals surface area (Å²) in [6, 6.07) is 18.0. The molecule has 2 N–H and O–H groups in total. The molecule has 2 aromatic rings. The third-order valence-corrected chi connectivity index (χ3v) is 4.69. The van der Waals surface area contributed by atoms with Crippen molar-refractivity contribution in [2.45, 2.75) is 32.1 Å². The number of nitrogens with one attached hydrogen (secondary N) is 2. The summed E-state index contributed by atoms with van der Waals surface area (Å²) in [4.78, 5) is 24.0. The molecule has 0 saturated heterocycles. The summed E-state index contributed by atoms with van der Waals surface area (Å²) in [6.45, 7) is 4.28. The number of benzene rings is 2. The molecular weight excluding hydrogens is 324 g/mol. The van der Waals surface area contributed by atoms with Crippen molar-refractivity contribution in [1.82, 2.24) is 10.9 Å². The molecule has 4 heteroatoms. The van der Waals surface area contributed by atoms with Crippen LogP contribution in [0.3, 0.4) is 0 Å². The van der Waals surface area contributed by atoms with Gasteiger partial charge in [0, 0.05) is 12.0 Å². The van der Waals surface area contributed by atoms with Gasteiger partial charge in [0.25, 0.3) is 5.91 Å². The Morgan fingerprint density at radius 1 is 1.00 bits per heavy atom. The molecule has 2 aromatic carbocycles. The number of carbonyl (C=O) groups is 2. The first-order valence-electron chi connectivity index (χ1n) is 8.97. The third kappa shape index (κ3) is 4.60. The second-order valence-corrected chi connectivity index (χ2v) is 6.99. The minimum Gasteiger partial charge on any atom is -0.273 e. The molecule has 2 atom stereocenters. The van der Waals surface area contributed by atoms with Crippen LogP contribution in [0.4, 0.5) is 0 Å². The predicted octanol–water partition coefficient (Wildman–Crippen LogP) is 3.77. The number of carbonyl (C=O) groups excluding carboxylic acids is 2. The van der Waals surface area contributed by atoms with Crippen molar-refractivity contribution in [3.05, 3.63) is 77.4 Å². The van der Waals surface area contributed by atoms with E-state index in [4.69, 9.17) is 0 Å². The van der Waals surface area contributed by atoms with Crippen molar-refractivity contribution in [2.75, 3.05) is 0 Å². The number of rotatable bonds is 5. The van der Waals surface area contributed by atoms with Gasteiger partial charge >= 0.3 is 0 Å². The normalized spacial score (nSPS) is 18.7. The monoisotopic (exact) mass is 348 g/mol.